The first-order valence-electron chi connectivity index (χ1n) is 10.4. The molecule has 4 heteroatoms. The Morgan fingerprint density at radius 3 is 2.21 bits per heavy atom. The average Bonchev–Trinajstić information content (AvgIpc) is 3.01. The van der Waals surface area contributed by atoms with Crippen molar-refractivity contribution in [2.75, 3.05) is 19.6 Å². The number of carbonyl (C=O) groups is 2. The molecule has 4 rings (SSSR count). The predicted octanol–water partition coefficient (Wildman–Crippen LogP) is 3.29. The highest BCUT2D eigenvalue weighted by Gasteiger charge is 2.29. The van der Waals surface area contributed by atoms with Crippen LogP contribution in [0.1, 0.15) is 47.9 Å². The van der Waals surface area contributed by atoms with Crippen molar-refractivity contribution in [3.63, 3.8) is 0 Å². The van der Waals surface area contributed by atoms with Gasteiger partial charge < -0.3 is 10.2 Å². The van der Waals surface area contributed by atoms with Crippen LogP contribution >= 0.6 is 0 Å². The van der Waals surface area contributed by atoms with E-state index in [4.69, 9.17) is 0 Å². The van der Waals surface area contributed by atoms with Crippen LogP contribution in [0.2, 0.25) is 0 Å². The standard InChI is InChI=1S/C24H28N2O2/c1-2-26-16-17(13-24(26)28)15-25-23(27)14-22-20-9-5-3-7-18(20)11-12-19-8-4-6-10-21(19)22/h3-10,17,22H,2,11-16H2,1H3,(H,25,27)/t17-/m1/s1. The summed E-state index contributed by atoms with van der Waals surface area (Å²) >= 11 is 0. The van der Waals surface area contributed by atoms with Gasteiger partial charge in [0.2, 0.25) is 11.8 Å². The van der Waals surface area contributed by atoms with E-state index in [1.807, 2.05) is 11.8 Å². The molecule has 2 aromatic carbocycles. The van der Waals surface area contributed by atoms with Crippen molar-refractivity contribution < 1.29 is 9.59 Å². The minimum atomic E-state index is 0.0684. The van der Waals surface area contributed by atoms with E-state index < -0.39 is 0 Å². The Labute approximate surface area is 166 Å². The lowest BCUT2D eigenvalue weighted by Gasteiger charge is -2.21. The van der Waals surface area contributed by atoms with E-state index in [-0.39, 0.29) is 23.7 Å². The fraction of sp³-hybridized carbons (Fsp3) is 0.417. The third kappa shape index (κ3) is 3.82. The van der Waals surface area contributed by atoms with Gasteiger partial charge in [-0.2, -0.15) is 0 Å². The zero-order chi connectivity index (χ0) is 19.5. The van der Waals surface area contributed by atoms with Gasteiger partial charge in [-0.3, -0.25) is 9.59 Å². The Morgan fingerprint density at radius 1 is 1.04 bits per heavy atom. The highest BCUT2D eigenvalue weighted by atomic mass is 16.2. The van der Waals surface area contributed by atoms with E-state index in [1.165, 1.54) is 22.3 Å². The molecule has 0 bridgehead atoms. The number of rotatable bonds is 5. The number of nitrogens with one attached hydrogen (secondary N) is 1. The van der Waals surface area contributed by atoms with E-state index in [9.17, 15) is 9.59 Å². The number of nitrogens with zero attached hydrogens (tertiary/aromatic N) is 1. The minimum absolute atomic E-state index is 0.0684. The number of fused-ring (bicyclic) bond motifs is 2. The van der Waals surface area contributed by atoms with Crippen LogP contribution in [0, 0.1) is 5.92 Å². The Kier molecular flexibility index (Phi) is 5.47. The molecule has 28 heavy (non-hydrogen) atoms. The molecular weight excluding hydrogens is 348 g/mol. The summed E-state index contributed by atoms with van der Waals surface area (Å²) in [6.07, 6.45) is 3.03. The molecule has 0 unspecified atom stereocenters. The number of likely N-dealkylation sites (tertiary alicyclic amines) is 1. The first-order valence-corrected chi connectivity index (χ1v) is 10.4. The summed E-state index contributed by atoms with van der Waals surface area (Å²) in [7, 11) is 0. The average molecular weight is 377 g/mol. The Morgan fingerprint density at radius 2 is 1.64 bits per heavy atom. The molecule has 1 aliphatic heterocycles. The SMILES string of the molecule is CCN1C[C@@H](CNC(=O)CC2c3ccccc3CCc3ccccc32)CC1=O. The van der Waals surface area contributed by atoms with Gasteiger partial charge in [0.15, 0.2) is 0 Å². The summed E-state index contributed by atoms with van der Waals surface area (Å²) in [5.74, 6) is 0.588. The molecule has 1 atom stereocenters. The van der Waals surface area contributed by atoms with Gasteiger partial charge in [-0.25, -0.2) is 0 Å². The van der Waals surface area contributed by atoms with Crippen LogP contribution in [0.25, 0.3) is 0 Å². The topological polar surface area (TPSA) is 49.4 Å². The first kappa shape index (κ1) is 18.7. The van der Waals surface area contributed by atoms with Crippen molar-refractivity contribution in [1.82, 2.24) is 10.2 Å². The van der Waals surface area contributed by atoms with Gasteiger partial charge in [0.05, 0.1) is 0 Å². The number of hydrogen-bond donors (Lipinski definition) is 1. The van der Waals surface area contributed by atoms with Gasteiger partial charge in [0.1, 0.15) is 0 Å². The summed E-state index contributed by atoms with van der Waals surface area (Å²) in [6, 6.07) is 17.0. The second kappa shape index (κ2) is 8.17. The predicted molar refractivity (Wildman–Crippen MR) is 110 cm³/mol. The largest absolute Gasteiger partial charge is 0.356 e. The molecule has 1 saturated heterocycles. The van der Waals surface area contributed by atoms with Crippen molar-refractivity contribution in [1.29, 1.82) is 0 Å². The number of benzene rings is 2. The number of carbonyl (C=O) groups excluding carboxylic acids is 2. The van der Waals surface area contributed by atoms with Gasteiger partial charge in [0.25, 0.3) is 0 Å². The third-order valence-electron chi connectivity index (χ3n) is 6.18. The summed E-state index contributed by atoms with van der Waals surface area (Å²) in [6.45, 7) is 4.08. The normalized spacial score (nSPS) is 19.1. The lowest BCUT2D eigenvalue weighted by atomic mass is 9.85. The van der Waals surface area contributed by atoms with Crippen LogP contribution in [-0.2, 0) is 22.4 Å². The maximum absolute atomic E-state index is 12.8. The van der Waals surface area contributed by atoms with Gasteiger partial charge in [-0.15, -0.1) is 0 Å². The molecule has 0 spiro atoms. The van der Waals surface area contributed by atoms with E-state index in [2.05, 4.69) is 53.8 Å². The molecule has 2 amide bonds. The van der Waals surface area contributed by atoms with Gasteiger partial charge in [-0.05, 0) is 42.0 Å². The molecule has 0 aromatic heterocycles. The maximum Gasteiger partial charge on any atom is 0.222 e. The van der Waals surface area contributed by atoms with Crippen molar-refractivity contribution in [2.24, 2.45) is 5.92 Å². The van der Waals surface area contributed by atoms with Crippen molar-refractivity contribution in [3.8, 4) is 0 Å². The number of aryl methyl sites for hydroxylation is 2. The lowest BCUT2D eigenvalue weighted by Crippen LogP contribution is -2.32. The van der Waals surface area contributed by atoms with Crippen molar-refractivity contribution in [2.45, 2.75) is 38.5 Å². The fourth-order valence-electron chi connectivity index (χ4n) is 4.67. The minimum Gasteiger partial charge on any atom is -0.356 e. The summed E-state index contributed by atoms with van der Waals surface area (Å²) < 4.78 is 0. The smallest absolute Gasteiger partial charge is 0.222 e. The van der Waals surface area contributed by atoms with Crippen LogP contribution in [0.5, 0.6) is 0 Å². The molecule has 0 radical (unpaired) electrons. The molecule has 1 heterocycles. The number of amides is 2. The molecule has 1 N–H and O–H groups in total. The highest BCUT2D eigenvalue weighted by Crippen LogP contribution is 2.36. The molecule has 1 aliphatic carbocycles. The highest BCUT2D eigenvalue weighted by molar-refractivity contribution is 5.80. The maximum atomic E-state index is 12.8. The van der Waals surface area contributed by atoms with Crippen molar-refractivity contribution >= 4 is 11.8 Å². The zero-order valence-electron chi connectivity index (χ0n) is 16.5. The Bertz CT molecular complexity index is 829. The van der Waals surface area contributed by atoms with E-state index in [0.717, 1.165) is 25.9 Å². The summed E-state index contributed by atoms with van der Waals surface area (Å²) in [5, 5.41) is 3.10. The van der Waals surface area contributed by atoms with Gasteiger partial charge in [-0.1, -0.05) is 48.5 Å². The molecule has 4 nitrogen and oxygen atoms in total. The quantitative estimate of drug-likeness (QED) is 0.871. The third-order valence-corrected chi connectivity index (χ3v) is 6.18. The first-order chi connectivity index (χ1) is 13.7. The van der Waals surface area contributed by atoms with Crippen LogP contribution in [0.15, 0.2) is 48.5 Å². The summed E-state index contributed by atoms with van der Waals surface area (Å²) in [5.41, 5.74) is 5.24. The molecule has 2 aliphatic rings. The van der Waals surface area contributed by atoms with E-state index in [0.29, 0.717) is 19.4 Å². The second-order valence-electron chi connectivity index (χ2n) is 7.96. The monoisotopic (exact) mass is 376 g/mol. The molecular formula is C24H28N2O2. The van der Waals surface area contributed by atoms with Crippen LogP contribution in [0.3, 0.4) is 0 Å². The zero-order valence-corrected chi connectivity index (χ0v) is 16.5. The Balaban J connectivity index is 1.48. The number of hydrogen-bond acceptors (Lipinski definition) is 2. The summed E-state index contributed by atoms with van der Waals surface area (Å²) in [4.78, 5) is 26.6. The van der Waals surface area contributed by atoms with Crippen LogP contribution in [0.4, 0.5) is 0 Å². The van der Waals surface area contributed by atoms with E-state index >= 15 is 0 Å². The molecule has 2 aromatic rings. The fourth-order valence-corrected chi connectivity index (χ4v) is 4.67. The van der Waals surface area contributed by atoms with Crippen molar-refractivity contribution in [3.05, 3.63) is 70.8 Å². The van der Waals surface area contributed by atoms with E-state index in [1.54, 1.807) is 0 Å². The Hall–Kier alpha value is -2.62. The molecule has 0 saturated carbocycles. The lowest BCUT2D eigenvalue weighted by molar-refractivity contribution is -0.127. The second-order valence-corrected chi connectivity index (χ2v) is 7.96. The van der Waals surface area contributed by atoms with Gasteiger partial charge in [0, 0.05) is 44.3 Å². The van der Waals surface area contributed by atoms with Crippen LogP contribution < -0.4 is 5.32 Å². The molecule has 146 valence electrons. The molecule has 1 fully saturated rings. The van der Waals surface area contributed by atoms with Crippen LogP contribution in [-0.4, -0.2) is 36.3 Å². The van der Waals surface area contributed by atoms with Gasteiger partial charge >= 0.3 is 0 Å².